The fraction of sp³-hybridized carbons (Fsp3) is 0.357. The molecule has 1 heterocycles. The Hall–Kier alpha value is -2.08. The number of benzene rings is 1. The van der Waals surface area contributed by atoms with Crippen molar-refractivity contribution in [3.63, 3.8) is 0 Å². The number of rotatable bonds is 3. The molecule has 104 valence electrons. The van der Waals surface area contributed by atoms with E-state index in [9.17, 15) is 14.0 Å². The highest BCUT2D eigenvalue weighted by Gasteiger charge is 2.39. The molecule has 1 aromatic rings. The molecular weight excluding hydrogens is 261 g/mol. The lowest BCUT2D eigenvalue weighted by atomic mass is 9.95. The van der Waals surface area contributed by atoms with Crippen molar-refractivity contribution in [2.75, 3.05) is 0 Å². The zero-order valence-electron chi connectivity index (χ0n) is 10.7. The van der Waals surface area contributed by atoms with Gasteiger partial charge in [-0.05, 0) is 24.8 Å². The molecular formula is C14H14FN3O2. The largest absolute Gasteiger partial charge is 0.321 e. The highest BCUT2D eigenvalue weighted by atomic mass is 19.1. The van der Waals surface area contributed by atoms with Gasteiger partial charge in [-0.25, -0.2) is 4.39 Å². The number of hydrogen-bond acceptors (Lipinski definition) is 3. The third kappa shape index (κ3) is 2.22. The van der Waals surface area contributed by atoms with E-state index in [1.54, 1.807) is 6.07 Å². The third-order valence-electron chi connectivity index (χ3n) is 3.65. The van der Waals surface area contributed by atoms with Crippen LogP contribution in [-0.4, -0.2) is 23.7 Å². The number of nitrogens with two attached hydrogens (primary N) is 1. The highest BCUT2D eigenvalue weighted by molar-refractivity contribution is 6.20. The van der Waals surface area contributed by atoms with Crippen LogP contribution in [0.1, 0.15) is 24.3 Å². The Balaban J connectivity index is 1.90. The molecule has 1 fully saturated rings. The van der Waals surface area contributed by atoms with E-state index in [4.69, 9.17) is 5.73 Å². The average Bonchev–Trinajstić information content (AvgIpc) is 3.23. The summed E-state index contributed by atoms with van der Waals surface area (Å²) in [6.45, 7) is 0. The minimum absolute atomic E-state index is 0.0396. The summed E-state index contributed by atoms with van der Waals surface area (Å²) in [6.07, 6.45) is 1.95. The SMILES string of the molecule is NC(C1=NC(=O)C(c2ccccc2F)C(=O)N1)C1CC1. The third-order valence-corrected chi connectivity index (χ3v) is 3.65. The Morgan fingerprint density at radius 2 is 2.00 bits per heavy atom. The summed E-state index contributed by atoms with van der Waals surface area (Å²) in [5, 5.41) is 2.54. The second-order valence-corrected chi connectivity index (χ2v) is 5.14. The second kappa shape index (κ2) is 4.79. The van der Waals surface area contributed by atoms with Gasteiger partial charge in [-0.3, -0.25) is 9.59 Å². The first-order valence-corrected chi connectivity index (χ1v) is 6.51. The summed E-state index contributed by atoms with van der Waals surface area (Å²) in [7, 11) is 0. The maximum absolute atomic E-state index is 13.7. The lowest BCUT2D eigenvalue weighted by Gasteiger charge is -2.23. The van der Waals surface area contributed by atoms with Crippen LogP contribution in [0.2, 0.25) is 0 Å². The number of hydrogen-bond donors (Lipinski definition) is 2. The van der Waals surface area contributed by atoms with Crippen LogP contribution in [0.15, 0.2) is 29.3 Å². The first-order valence-electron chi connectivity index (χ1n) is 6.51. The highest BCUT2D eigenvalue weighted by Crippen LogP contribution is 2.33. The minimum atomic E-state index is -1.23. The second-order valence-electron chi connectivity index (χ2n) is 5.14. The molecule has 1 saturated carbocycles. The molecule has 5 nitrogen and oxygen atoms in total. The van der Waals surface area contributed by atoms with Gasteiger partial charge in [-0.1, -0.05) is 18.2 Å². The van der Waals surface area contributed by atoms with Gasteiger partial charge in [0.25, 0.3) is 5.91 Å². The Morgan fingerprint density at radius 1 is 1.30 bits per heavy atom. The molecule has 0 spiro atoms. The smallest absolute Gasteiger partial charge is 0.264 e. The molecule has 0 radical (unpaired) electrons. The van der Waals surface area contributed by atoms with Crippen molar-refractivity contribution in [3.8, 4) is 0 Å². The van der Waals surface area contributed by atoms with Gasteiger partial charge in [0.1, 0.15) is 17.6 Å². The zero-order chi connectivity index (χ0) is 14.3. The molecule has 0 aromatic heterocycles. The molecule has 2 aliphatic rings. The average molecular weight is 275 g/mol. The van der Waals surface area contributed by atoms with Crippen LogP contribution in [0.5, 0.6) is 0 Å². The molecule has 20 heavy (non-hydrogen) atoms. The lowest BCUT2D eigenvalue weighted by molar-refractivity contribution is -0.130. The summed E-state index contributed by atoms with van der Waals surface area (Å²) in [5.74, 6) is -2.58. The summed E-state index contributed by atoms with van der Waals surface area (Å²) in [5.41, 5.74) is 5.96. The van der Waals surface area contributed by atoms with Crippen LogP contribution >= 0.6 is 0 Å². The van der Waals surface area contributed by atoms with Crippen molar-refractivity contribution in [2.45, 2.75) is 24.8 Å². The van der Waals surface area contributed by atoms with E-state index < -0.39 is 29.6 Å². The van der Waals surface area contributed by atoms with Crippen LogP contribution in [-0.2, 0) is 9.59 Å². The normalized spacial score (nSPS) is 24.1. The summed E-state index contributed by atoms with van der Waals surface area (Å²) in [4.78, 5) is 28.0. The van der Waals surface area contributed by atoms with Crippen LogP contribution in [0.3, 0.4) is 0 Å². The van der Waals surface area contributed by atoms with Crippen LogP contribution < -0.4 is 11.1 Å². The number of halogens is 1. The van der Waals surface area contributed by atoms with Gasteiger partial charge < -0.3 is 11.1 Å². The monoisotopic (exact) mass is 275 g/mol. The van der Waals surface area contributed by atoms with E-state index in [0.29, 0.717) is 0 Å². The number of amidine groups is 1. The summed E-state index contributed by atoms with van der Waals surface area (Å²) >= 11 is 0. The van der Waals surface area contributed by atoms with Crippen LogP contribution in [0, 0.1) is 11.7 Å². The Bertz CT molecular complexity index is 610. The van der Waals surface area contributed by atoms with Crippen LogP contribution in [0.4, 0.5) is 4.39 Å². The number of aliphatic imine (C=N–C) groups is 1. The van der Waals surface area contributed by atoms with E-state index in [1.807, 2.05) is 0 Å². The van der Waals surface area contributed by atoms with Crippen molar-refractivity contribution in [3.05, 3.63) is 35.6 Å². The van der Waals surface area contributed by atoms with Crippen molar-refractivity contribution in [1.82, 2.24) is 5.32 Å². The molecule has 0 bridgehead atoms. The number of carbonyl (C=O) groups excluding carboxylic acids is 2. The molecule has 3 N–H and O–H groups in total. The summed E-state index contributed by atoms with van der Waals surface area (Å²) in [6, 6.07) is 5.28. The standard InChI is InChI=1S/C14H14FN3O2/c15-9-4-2-1-3-8(9)10-13(19)17-12(18-14(10)20)11(16)7-5-6-7/h1-4,7,10-11H,5-6,16H2,(H,17,18,19,20). The Kier molecular flexibility index (Phi) is 3.10. The first-order chi connectivity index (χ1) is 9.58. The van der Waals surface area contributed by atoms with E-state index in [1.165, 1.54) is 18.2 Å². The molecule has 2 unspecified atom stereocenters. The van der Waals surface area contributed by atoms with Crippen molar-refractivity contribution < 1.29 is 14.0 Å². The predicted molar refractivity (Wildman–Crippen MR) is 70.4 cm³/mol. The topological polar surface area (TPSA) is 84.5 Å². The van der Waals surface area contributed by atoms with E-state index in [0.717, 1.165) is 12.8 Å². The number of nitrogens with zero attached hydrogens (tertiary/aromatic N) is 1. The van der Waals surface area contributed by atoms with Crippen molar-refractivity contribution in [2.24, 2.45) is 16.6 Å². The maximum atomic E-state index is 13.7. The fourth-order valence-corrected chi connectivity index (χ4v) is 2.34. The number of nitrogens with one attached hydrogen (secondary N) is 1. The maximum Gasteiger partial charge on any atom is 0.264 e. The summed E-state index contributed by atoms with van der Waals surface area (Å²) < 4.78 is 13.7. The van der Waals surface area contributed by atoms with Crippen molar-refractivity contribution >= 4 is 17.6 Å². The van der Waals surface area contributed by atoms with Gasteiger partial charge in [-0.15, -0.1) is 0 Å². The number of carbonyl (C=O) groups is 2. The van der Waals surface area contributed by atoms with Gasteiger partial charge in [0.2, 0.25) is 5.91 Å². The van der Waals surface area contributed by atoms with Gasteiger partial charge in [0.05, 0.1) is 6.04 Å². The molecule has 6 heteroatoms. The molecule has 3 rings (SSSR count). The quantitative estimate of drug-likeness (QED) is 0.796. The lowest BCUT2D eigenvalue weighted by Crippen LogP contribution is -2.51. The molecule has 1 aliphatic heterocycles. The van der Waals surface area contributed by atoms with Gasteiger partial charge in [0.15, 0.2) is 0 Å². The predicted octanol–water partition coefficient (Wildman–Crippen LogP) is 0.701. The zero-order valence-corrected chi connectivity index (χ0v) is 10.7. The minimum Gasteiger partial charge on any atom is -0.321 e. The molecule has 1 aliphatic carbocycles. The first kappa shape index (κ1) is 12.9. The van der Waals surface area contributed by atoms with Crippen LogP contribution in [0.25, 0.3) is 0 Å². The molecule has 2 atom stereocenters. The van der Waals surface area contributed by atoms with E-state index in [-0.39, 0.29) is 17.3 Å². The van der Waals surface area contributed by atoms with Crippen molar-refractivity contribution in [1.29, 1.82) is 0 Å². The Morgan fingerprint density at radius 3 is 2.60 bits per heavy atom. The molecule has 1 aromatic carbocycles. The fourth-order valence-electron chi connectivity index (χ4n) is 2.34. The van der Waals surface area contributed by atoms with E-state index in [2.05, 4.69) is 10.3 Å². The number of amides is 2. The van der Waals surface area contributed by atoms with Gasteiger partial charge in [-0.2, -0.15) is 4.99 Å². The van der Waals surface area contributed by atoms with Gasteiger partial charge in [0, 0.05) is 5.56 Å². The van der Waals surface area contributed by atoms with E-state index >= 15 is 0 Å². The molecule has 0 saturated heterocycles. The Labute approximate surface area is 115 Å². The molecule has 2 amide bonds. The van der Waals surface area contributed by atoms with Gasteiger partial charge >= 0.3 is 0 Å².